The zero-order chi connectivity index (χ0) is 11.3. The Bertz CT molecular complexity index is 282. The molecule has 0 N–H and O–H groups in total. The molecule has 1 unspecified atom stereocenters. The van der Waals surface area contributed by atoms with Crippen LogP contribution < -0.4 is 0 Å². The maximum Gasteiger partial charge on any atom is 0.240 e. The van der Waals surface area contributed by atoms with Gasteiger partial charge in [0.15, 0.2) is 0 Å². The van der Waals surface area contributed by atoms with Gasteiger partial charge < -0.3 is 4.90 Å². The molecule has 1 rings (SSSR count). The van der Waals surface area contributed by atoms with E-state index in [2.05, 4.69) is 12.6 Å². The summed E-state index contributed by atoms with van der Waals surface area (Å²) in [7, 11) is 1.80. The molecule has 1 aliphatic rings. The molecule has 1 atom stereocenters. The first kappa shape index (κ1) is 11.7. The van der Waals surface area contributed by atoms with Gasteiger partial charge in [-0.2, -0.15) is 5.26 Å². The van der Waals surface area contributed by atoms with E-state index in [0.717, 1.165) is 19.5 Å². The quantitative estimate of drug-likeness (QED) is 0.637. The Kier molecular flexibility index (Phi) is 4.32. The highest BCUT2D eigenvalue weighted by Crippen LogP contribution is 2.12. The van der Waals surface area contributed by atoms with Crippen LogP contribution in [0.25, 0.3) is 0 Å². The monoisotopic (exact) mass is 207 g/mol. The molecule has 1 saturated heterocycles. The third kappa shape index (κ3) is 2.80. The van der Waals surface area contributed by atoms with Crippen LogP contribution in [0.1, 0.15) is 12.8 Å². The number of rotatable bonds is 3. The Balaban J connectivity index is 2.80. The second kappa shape index (κ2) is 5.52. The van der Waals surface area contributed by atoms with Crippen LogP contribution in [0.5, 0.6) is 0 Å². The van der Waals surface area contributed by atoms with Crippen LogP contribution in [0.15, 0.2) is 12.7 Å². The molecule has 1 fully saturated rings. The van der Waals surface area contributed by atoms with Gasteiger partial charge >= 0.3 is 0 Å². The number of carbonyl (C=O) groups is 1. The van der Waals surface area contributed by atoms with Crippen LogP contribution in [0.4, 0.5) is 0 Å². The normalized spacial score (nSPS) is 23.3. The van der Waals surface area contributed by atoms with E-state index in [0.29, 0.717) is 6.54 Å². The SMILES string of the molecule is C=CCN1CCCN(C)C(=O)C1CC#N. The number of nitrogens with zero attached hydrogens (tertiary/aromatic N) is 3. The molecule has 1 heterocycles. The lowest BCUT2D eigenvalue weighted by molar-refractivity contribution is -0.133. The molecular formula is C11H17N3O. The van der Waals surface area contributed by atoms with Gasteiger partial charge in [0.1, 0.15) is 6.04 Å². The molecule has 82 valence electrons. The molecule has 0 aliphatic carbocycles. The number of hydrogen-bond donors (Lipinski definition) is 0. The van der Waals surface area contributed by atoms with Gasteiger partial charge in [0.05, 0.1) is 12.5 Å². The Morgan fingerprint density at radius 1 is 1.67 bits per heavy atom. The van der Waals surface area contributed by atoms with Crippen molar-refractivity contribution in [3.8, 4) is 6.07 Å². The van der Waals surface area contributed by atoms with Crippen molar-refractivity contribution < 1.29 is 4.79 Å². The second-order valence-electron chi connectivity index (χ2n) is 3.77. The van der Waals surface area contributed by atoms with E-state index < -0.39 is 0 Å². The molecule has 0 saturated carbocycles. The van der Waals surface area contributed by atoms with E-state index in [1.165, 1.54) is 0 Å². The third-order valence-corrected chi connectivity index (χ3v) is 2.69. The summed E-state index contributed by atoms with van der Waals surface area (Å²) in [5.74, 6) is 0.0518. The van der Waals surface area contributed by atoms with E-state index >= 15 is 0 Å². The molecule has 4 heteroatoms. The average molecular weight is 207 g/mol. The molecule has 0 bridgehead atoms. The zero-order valence-corrected chi connectivity index (χ0v) is 9.15. The number of nitriles is 1. The molecular weight excluding hydrogens is 190 g/mol. The van der Waals surface area contributed by atoms with E-state index in [1.54, 1.807) is 18.0 Å². The molecule has 1 aliphatic heterocycles. The lowest BCUT2D eigenvalue weighted by Gasteiger charge is -2.26. The second-order valence-corrected chi connectivity index (χ2v) is 3.77. The largest absolute Gasteiger partial charge is 0.344 e. The van der Waals surface area contributed by atoms with Gasteiger partial charge in [0, 0.05) is 26.7 Å². The van der Waals surface area contributed by atoms with Gasteiger partial charge in [-0.15, -0.1) is 6.58 Å². The molecule has 1 amide bonds. The summed E-state index contributed by atoms with van der Waals surface area (Å²) < 4.78 is 0. The molecule has 0 spiro atoms. The van der Waals surface area contributed by atoms with Gasteiger partial charge in [0.2, 0.25) is 5.91 Å². The fraction of sp³-hybridized carbons (Fsp3) is 0.636. The lowest BCUT2D eigenvalue weighted by Crippen LogP contribution is -2.44. The predicted octanol–water partition coefficient (Wildman–Crippen LogP) is 0.619. The number of likely N-dealkylation sites (N-methyl/N-ethyl adjacent to an activating group) is 1. The van der Waals surface area contributed by atoms with Crippen LogP contribution in [0.3, 0.4) is 0 Å². The van der Waals surface area contributed by atoms with E-state index in [9.17, 15) is 4.79 Å². The van der Waals surface area contributed by atoms with Crippen molar-refractivity contribution >= 4 is 5.91 Å². The zero-order valence-electron chi connectivity index (χ0n) is 9.15. The highest BCUT2D eigenvalue weighted by molar-refractivity contribution is 5.82. The van der Waals surface area contributed by atoms with Crippen molar-refractivity contribution in [1.82, 2.24) is 9.80 Å². The Hall–Kier alpha value is -1.34. The molecule has 0 radical (unpaired) electrons. The minimum atomic E-state index is -0.291. The van der Waals surface area contributed by atoms with Gasteiger partial charge in [-0.1, -0.05) is 6.08 Å². The summed E-state index contributed by atoms with van der Waals surface area (Å²) in [5.41, 5.74) is 0. The summed E-state index contributed by atoms with van der Waals surface area (Å²) in [4.78, 5) is 15.7. The van der Waals surface area contributed by atoms with E-state index in [4.69, 9.17) is 5.26 Å². The van der Waals surface area contributed by atoms with E-state index in [1.807, 2.05) is 4.90 Å². The predicted molar refractivity (Wildman–Crippen MR) is 58.0 cm³/mol. The number of hydrogen-bond acceptors (Lipinski definition) is 3. The first-order chi connectivity index (χ1) is 7.20. The van der Waals surface area contributed by atoms with Crippen molar-refractivity contribution in [1.29, 1.82) is 5.26 Å². The Morgan fingerprint density at radius 2 is 2.40 bits per heavy atom. The first-order valence-corrected chi connectivity index (χ1v) is 5.17. The standard InChI is InChI=1S/C11H17N3O/c1-3-7-14-9-4-8-13(2)11(15)10(14)5-6-12/h3,10H,1,4-5,7-9H2,2H3. The average Bonchev–Trinajstić information content (AvgIpc) is 2.34. The molecule has 0 aromatic heterocycles. The van der Waals surface area contributed by atoms with Crippen LogP contribution in [-0.2, 0) is 4.79 Å². The highest BCUT2D eigenvalue weighted by atomic mass is 16.2. The maximum atomic E-state index is 11.9. The summed E-state index contributed by atoms with van der Waals surface area (Å²) >= 11 is 0. The smallest absolute Gasteiger partial charge is 0.240 e. The summed E-state index contributed by atoms with van der Waals surface area (Å²) in [5, 5.41) is 8.73. The van der Waals surface area contributed by atoms with Crippen molar-refractivity contribution in [2.45, 2.75) is 18.9 Å². The topological polar surface area (TPSA) is 47.3 Å². The van der Waals surface area contributed by atoms with Crippen LogP contribution in [0.2, 0.25) is 0 Å². The first-order valence-electron chi connectivity index (χ1n) is 5.17. The fourth-order valence-electron chi connectivity index (χ4n) is 1.87. The molecule has 15 heavy (non-hydrogen) atoms. The molecule has 0 aromatic rings. The van der Waals surface area contributed by atoms with Crippen LogP contribution in [-0.4, -0.2) is 48.4 Å². The third-order valence-electron chi connectivity index (χ3n) is 2.69. The number of amides is 1. The summed E-state index contributed by atoms with van der Waals surface area (Å²) in [6.45, 7) is 5.97. The minimum absolute atomic E-state index is 0.0518. The van der Waals surface area contributed by atoms with Crippen molar-refractivity contribution in [2.24, 2.45) is 0 Å². The van der Waals surface area contributed by atoms with E-state index in [-0.39, 0.29) is 18.4 Å². The fourth-order valence-corrected chi connectivity index (χ4v) is 1.87. The Morgan fingerprint density at radius 3 is 3.00 bits per heavy atom. The van der Waals surface area contributed by atoms with Crippen molar-refractivity contribution in [2.75, 3.05) is 26.7 Å². The number of carbonyl (C=O) groups excluding carboxylic acids is 1. The van der Waals surface area contributed by atoms with Gasteiger partial charge in [-0.05, 0) is 6.42 Å². The minimum Gasteiger partial charge on any atom is -0.344 e. The van der Waals surface area contributed by atoms with Gasteiger partial charge in [0.25, 0.3) is 0 Å². The van der Waals surface area contributed by atoms with Crippen LogP contribution in [0, 0.1) is 11.3 Å². The maximum absolute atomic E-state index is 11.9. The highest BCUT2D eigenvalue weighted by Gasteiger charge is 2.29. The van der Waals surface area contributed by atoms with Crippen LogP contribution >= 0.6 is 0 Å². The summed E-state index contributed by atoms with van der Waals surface area (Å²) in [6, 6.07) is 1.79. The van der Waals surface area contributed by atoms with Gasteiger partial charge in [-0.3, -0.25) is 9.69 Å². The van der Waals surface area contributed by atoms with Crippen molar-refractivity contribution in [3.05, 3.63) is 12.7 Å². The van der Waals surface area contributed by atoms with Crippen molar-refractivity contribution in [3.63, 3.8) is 0 Å². The molecule has 4 nitrogen and oxygen atoms in total. The molecule has 0 aromatic carbocycles. The van der Waals surface area contributed by atoms with Gasteiger partial charge in [-0.25, -0.2) is 0 Å². The lowest BCUT2D eigenvalue weighted by atomic mass is 10.1. The summed E-state index contributed by atoms with van der Waals surface area (Å²) in [6.07, 6.45) is 3.00. The Labute approximate surface area is 90.8 Å².